The fourth-order valence-corrected chi connectivity index (χ4v) is 2.21. The van der Waals surface area contributed by atoms with Gasteiger partial charge in [-0.25, -0.2) is 0 Å². The maximum absolute atomic E-state index is 5.28. The standard InChI is InChI=1S/C11H22NO3/c1-13-6-9-4-12-5-10(7-14-2)11(9)8-15-3/h4,9-12H,5-8H2,1-3H3. The first-order valence-electron chi connectivity index (χ1n) is 5.37. The van der Waals surface area contributed by atoms with Crippen LogP contribution in [0.25, 0.3) is 0 Å². The molecule has 4 heteroatoms. The minimum Gasteiger partial charge on any atom is -0.384 e. The molecule has 1 aliphatic heterocycles. The predicted octanol–water partition coefficient (Wildman–Crippen LogP) is 0.539. The monoisotopic (exact) mass is 216 g/mol. The van der Waals surface area contributed by atoms with E-state index < -0.39 is 0 Å². The lowest BCUT2D eigenvalue weighted by molar-refractivity contribution is 0.00888. The summed E-state index contributed by atoms with van der Waals surface area (Å²) in [5.41, 5.74) is 0. The molecule has 0 bridgehead atoms. The molecule has 1 rings (SSSR count). The zero-order valence-electron chi connectivity index (χ0n) is 9.86. The second-order valence-corrected chi connectivity index (χ2v) is 4.03. The largest absolute Gasteiger partial charge is 0.384 e. The second-order valence-electron chi connectivity index (χ2n) is 4.03. The molecule has 1 heterocycles. The molecular formula is C11H22NO3. The van der Waals surface area contributed by atoms with Crippen LogP contribution in [0.15, 0.2) is 0 Å². The molecule has 15 heavy (non-hydrogen) atoms. The zero-order valence-corrected chi connectivity index (χ0v) is 9.86. The molecule has 4 nitrogen and oxygen atoms in total. The van der Waals surface area contributed by atoms with Crippen molar-refractivity contribution < 1.29 is 14.2 Å². The molecule has 1 aliphatic rings. The molecule has 0 aromatic rings. The summed E-state index contributed by atoms with van der Waals surface area (Å²) < 4.78 is 15.7. The van der Waals surface area contributed by atoms with E-state index in [2.05, 4.69) is 11.9 Å². The van der Waals surface area contributed by atoms with Crippen LogP contribution in [0.1, 0.15) is 0 Å². The van der Waals surface area contributed by atoms with Gasteiger partial charge in [-0.05, 0) is 5.92 Å². The molecule has 0 saturated carbocycles. The van der Waals surface area contributed by atoms with E-state index in [1.165, 1.54) is 0 Å². The van der Waals surface area contributed by atoms with Gasteiger partial charge in [0, 0.05) is 52.9 Å². The van der Waals surface area contributed by atoms with E-state index in [1.807, 2.05) is 0 Å². The van der Waals surface area contributed by atoms with Crippen LogP contribution in [0.4, 0.5) is 0 Å². The molecule has 1 saturated heterocycles. The Balaban J connectivity index is 2.53. The van der Waals surface area contributed by atoms with E-state index in [0.717, 1.165) is 26.4 Å². The van der Waals surface area contributed by atoms with Gasteiger partial charge in [0.25, 0.3) is 0 Å². The van der Waals surface area contributed by atoms with Crippen molar-refractivity contribution in [1.82, 2.24) is 5.32 Å². The Morgan fingerprint density at radius 1 is 1.07 bits per heavy atom. The van der Waals surface area contributed by atoms with Crippen LogP contribution in [0.5, 0.6) is 0 Å². The summed E-state index contributed by atoms with van der Waals surface area (Å²) in [4.78, 5) is 0. The highest BCUT2D eigenvalue weighted by Crippen LogP contribution is 2.27. The lowest BCUT2D eigenvalue weighted by Gasteiger charge is -2.37. The summed E-state index contributed by atoms with van der Waals surface area (Å²) in [6, 6.07) is 0. The van der Waals surface area contributed by atoms with E-state index in [0.29, 0.717) is 17.8 Å². The Labute approximate surface area is 92.3 Å². The van der Waals surface area contributed by atoms with Crippen molar-refractivity contribution in [3.8, 4) is 0 Å². The van der Waals surface area contributed by atoms with Crippen LogP contribution >= 0.6 is 0 Å². The number of hydrogen-bond acceptors (Lipinski definition) is 4. The second kappa shape index (κ2) is 7.17. The molecular weight excluding hydrogens is 194 g/mol. The minimum absolute atomic E-state index is 0.406. The molecule has 0 amide bonds. The fourth-order valence-electron chi connectivity index (χ4n) is 2.21. The first-order valence-corrected chi connectivity index (χ1v) is 5.37. The molecule has 1 fully saturated rings. The molecule has 3 unspecified atom stereocenters. The summed E-state index contributed by atoms with van der Waals surface area (Å²) in [7, 11) is 5.22. The molecule has 3 atom stereocenters. The summed E-state index contributed by atoms with van der Waals surface area (Å²) in [6.07, 6.45) is 0. The number of piperidine rings is 1. The van der Waals surface area contributed by atoms with Crippen molar-refractivity contribution in [2.24, 2.45) is 17.8 Å². The Morgan fingerprint density at radius 2 is 1.73 bits per heavy atom. The van der Waals surface area contributed by atoms with E-state index >= 15 is 0 Å². The predicted molar refractivity (Wildman–Crippen MR) is 58.4 cm³/mol. The Bertz CT molecular complexity index is 148. The topological polar surface area (TPSA) is 39.7 Å². The number of nitrogens with one attached hydrogen (secondary N) is 1. The maximum Gasteiger partial charge on any atom is 0.0509 e. The summed E-state index contributed by atoms with van der Waals surface area (Å²) in [6.45, 7) is 5.36. The maximum atomic E-state index is 5.28. The van der Waals surface area contributed by atoms with Crippen LogP contribution in [-0.2, 0) is 14.2 Å². The van der Waals surface area contributed by atoms with Crippen molar-refractivity contribution in [2.75, 3.05) is 47.7 Å². The molecule has 0 spiro atoms. The van der Waals surface area contributed by atoms with Crippen molar-refractivity contribution in [2.45, 2.75) is 0 Å². The van der Waals surface area contributed by atoms with Crippen molar-refractivity contribution >= 4 is 0 Å². The van der Waals surface area contributed by atoms with Gasteiger partial charge >= 0.3 is 0 Å². The van der Waals surface area contributed by atoms with Gasteiger partial charge in [-0.2, -0.15) is 0 Å². The number of methoxy groups -OCH3 is 3. The van der Waals surface area contributed by atoms with Gasteiger partial charge in [0.2, 0.25) is 0 Å². The fraction of sp³-hybridized carbons (Fsp3) is 0.909. The zero-order chi connectivity index (χ0) is 11.1. The smallest absolute Gasteiger partial charge is 0.0509 e. The van der Waals surface area contributed by atoms with Gasteiger partial charge in [-0.1, -0.05) is 0 Å². The van der Waals surface area contributed by atoms with E-state index in [4.69, 9.17) is 14.2 Å². The van der Waals surface area contributed by atoms with Crippen molar-refractivity contribution in [3.05, 3.63) is 6.54 Å². The Hall–Kier alpha value is -0.160. The van der Waals surface area contributed by atoms with Crippen LogP contribution in [0, 0.1) is 24.3 Å². The van der Waals surface area contributed by atoms with Crippen LogP contribution in [0.2, 0.25) is 0 Å². The minimum atomic E-state index is 0.406. The van der Waals surface area contributed by atoms with E-state index in [1.54, 1.807) is 21.3 Å². The van der Waals surface area contributed by atoms with Gasteiger partial charge in [0.1, 0.15) is 0 Å². The van der Waals surface area contributed by atoms with Crippen LogP contribution in [-0.4, -0.2) is 47.7 Å². The molecule has 0 aromatic carbocycles. The normalized spacial score (nSPS) is 31.8. The van der Waals surface area contributed by atoms with Crippen molar-refractivity contribution in [3.63, 3.8) is 0 Å². The third-order valence-electron chi connectivity index (χ3n) is 2.97. The van der Waals surface area contributed by atoms with Gasteiger partial charge in [0.05, 0.1) is 13.2 Å². The van der Waals surface area contributed by atoms with Gasteiger partial charge < -0.3 is 19.5 Å². The van der Waals surface area contributed by atoms with Crippen molar-refractivity contribution in [1.29, 1.82) is 0 Å². The number of rotatable bonds is 6. The highest BCUT2D eigenvalue weighted by Gasteiger charge is 2.33. The number of ether oxygens (including phenoxy) is 3. The van der Waals surface area contributed by atoms with Gasteiger partial charge in [-0.3, -0.25) is 0 Å². The summed E-state index contributed by atoms with van der Waals surface area (Å²) in [5.74, 6) is 1.39. The first-order chi connectivity index (χ1) is 7.33. The lowest BCUT2D eigenvalue weighted by Crippen LogP contribution is -2.45. The number of hydrogen-bond donors (Lipinski definition) is 1. The average Bonchev–Trinajstić information content (AvgIpc) is 2.23. The Morgan fingerprint density at radius 3 is 2.33 bits per heavy atom. The highest BCUT2D eigenvalue weighted by atomic mass is 16.5. The van der Waals surface area contributed by atoms with E-state index in [-0.39, 0.29) is 0 Å². The molecule has 0 aromatic heterocycles. The highest BCUT2D eigenvalue weighted by molar-refractivity contribution is 4.91. The third kappa shape index (κ3) is 3.72. The van der Waals surface area contributed by atoms with Gasteiger partial charge in [-0.15, -0.1) is 0 Å². The molecule has 1 radical (unpaired) electrons. The Kier molecular flexibility index (Phi) is 6.17. The molecule has 1 N–H and O–H groups in total. The quantitative estimate of drug-likeness (QED) is 0.703. The van der Waals surface area contributed by atoms with Crippen LogP contribution in [0.3, 0.4) is 0 Å². The third-order valence-corrected chi connectivity index (χ3v) is 2.97. The first kappa shape index (κ1) is 12.9. The molecule has 89 valence electrons. The summed E-state index contributed by atoms with van der Waals surface area (Å²) >= 11 is 0. The summed E-state index contributed by atoms with van der Waals surface area (Å²) in [5, 5.41) is 3.30. The average molecular weight is 216 g/mol. The SMILES string of the molecule is COCC1[CH]NCC(COC)C1COC. The lowest BCUT2D eigenvalue weighted by atomic mass is 9.79. The molecule has 0 aliphatic carbocycles. The van der Waals surface area contributed by atoms with E-state index in [9.17, 15) is 0 Å². The van der Waals surface area contributed by atoms with Gasteiger partial charge in [0.15, 0.2) is 0 Å². The van der Waals surface area contributed by atoms with Crippen LogP contribution < -0.4 is 5.32 Å².